The zero-order valence-electron chi connectivity index (χ0n) is 14.2. The summed E-state index contributed by atoms with van der Waals surface area (Å²) in [6, 6.07) is 12.6. The Kier molecular flexibility index (Phi) is 5.16. The molecule has 0 aromatic heterocycles. The monoisotopic (exact) mass is 357 g/mol. The molecule has 1 aliphatic carbocycles. The van der Waals surface area contributed by atoms with Gasteiger partial charge in [-0.05, 0) is 36.6 Å². The number of rotatable bonds is 7. The molecular formula is C19H20FN3O3. The molecule has 0 radical (unpaired) electrons. The van der Waals surface area contributed by atoms with Gasteiger partial charge in [0.25, 0.3) is 5.69 Å². The van der Waals surface area contributed by atoms with E-state index < -0.39 is 10.3 Å². The van der Waals surface area contributed by atoms with Crippen LogP contribution < -0.4 is 10.6 Å². The smallest absolute Gasteiger partial charge is 0.292 e. The van der Waals surface area contributed by atoms with Crippen molar-refractivity contribution in [2.24, 2.45) is 0 Å². The van der Waals surface area contributed by atoms with Crippen LogP contribution in [0.15, 0.2) is 48.5 Å². The number of benzene rings is 2. The van der Waals surface area contributed by atoms with Crippen LogP contribution in [0.5, 0.6) is 0 Å². The first-order valence-corrected chi connectivity index (χ1v) is 8.54. The normalized spacial score (nSPS) is 15.0. The van der Waals surface area contributed by atoms with Crippen LogP contribution in [0.25, 0.3) is 0 Å². The summed E-state index contributed by atoms with van der Waals surface area (Å²) in [4.78, 5) is 23.2. The lowest BCUT2D eigenvalue weighted by molar-refractivity contribution is -0.384. The van der Waals surface area contributed by atoms with Gasteiger partial charge in [0.2, 0.25) is 5.91 Å². The number of carbonyl (C=O) groups is 1. The molecule has 1 aliphatic rings. The fourth-order valence-corrected chi connectivity index (χ4v) is 3.29. The Morgan fingerprint density at radius 3 is 2.58 bits per heavy atom. The van der Waals surface area contributed by atoms with E-state index in [1.807, 2.05) is 0 Å². The van der Waals surface area contributed by atoms with Gasteiger partial charge in [-0.1, -0.05) is 30.7 Å². The fourth-order valence-electron chi connectivity index (χ4n) is 3.29. The van der Waals surface area contributed by atoms with Crippen molar-refractivity contribution in [3.05, 3.63) is 70.0 Å². The largest absolute Gasteiger partial charge is 0.378 e. The third-order valence-corrected chi connectivity index (χ3v) is 4.85. The van der Waals surface area contributed by atoms with Gasteiger partial charge in [-0.25, -0.2) is 4.39 Å². The molecule has 3 rings (SSSR count). The van der Waals surface area contributed by atoms with E-state index in [-0.39, 0.29) is 17.4 Å². The molecular weight excluding hydrogens is 337 g/mol. The van der Waals surface area contributed by atoms with Gasteiger partial charge in [0.05, 0.1) is 10.3 Å². The quantitative estimate of drug-likeness (QED) is 0.452. The Bertz CT molecular complexity index is 821. The zero-order valence-corrected chi connectivity index (χ0v) is 14.2. The Labute approximate surface area is 150 Å². The topological polar surface area (TPSA) is 84.3 Å². The van der Waals surface area contributed by atoms with E-state index in [1.54, 1.807) is 30.3 Å². The van der Waals surface area contributed by atoms with Gasteiger partial charge in [0.1, 0.15) is 11.5 Å². The molecule has 2 aromatic carbocycles. The third kappa shape index (κ3) is 3.51. The number of nitrogens with zero attached hydrogens (tertiary/aromatic N) is 1. The van der Waals surface area contributed by atoms with Crippen molar-refractivity contribution < 1.29 is 14.1 Å². The molecule has 0 heterocycles. The molecule has 0 atom stereocenters. The molecule has 1 saturated carbocycles. The minimum absolute atomic E-state index is 0.00551. The van der Waals surface area contributed by atoms with Crippen molar-refractivity contribution in [3.63, 3.8) is 0 Å². The van der Waals surface area contributed by atoms with Crippen LogP contribution in [-0.4, -0.2) is 23.9 Å². The molecule has 7 heteroatoms. The number of halogens is 1. The first-order chi connectivity index (χ1) is 12.5. The van der Waals surface area contributed by atoms with E-state index in [4.69, 9.17) is 0 Å². The van der Waals surface area contributed by atoms with Gasteiger partial charge in [-0.3, -0.25) is 14.9 Å². The van der Waals surface area contributed by atoms with Gasteiger partial charge < -0.3 is 10.6 Å². The summed E-state index contributed by atoms with van der Waals surface area (Å²) in [5.74, 6) is -0.474. The SMILES string of the molecule is O=C(NCCNc1ccccc1[N+](=O)[O-])C1(c2cccc(F)c2)CCC1. The lowest BCUT2D eigenvalue weighted by Crippen LogP contribution is -2.50. The fraction of sp³-hybridized carbons (Fsp3) is 0.316. The van der Waals surface area contributed by atoms with E-state index in [0.29, 0.717) is 37.2 Å². The molecule has 2 aromatic rings. The molecule has 26 heavy (non-hydrogen) atoms. The Balaban J connectivity index is 1.58. The van der Waals surface area contributed by atoms with Gasteiger partial charge in [0.15, 0.2) is 0 Å². The molecule has 1 fully saturated rings. The van der Waals surface area contributed by atoms with Crippen LogP contribution in [0.3, 0.4) is 0 Å². The van der Waals surface area contributed by atoms with Crippen LogP contribution in [0.4, 0.5) is 15.8 Å². The Hall–Kier alpha value is -2.96. The third-order valence-electron chi connectivity index (χ3n) is 4.85. The van der Waals surface area contributed by atoms with Crippen LogP contribution >= 0.6 is 0 Å². The summed E-state index contributed by atoms with van der Waals surface area (Å²) >= 11 is 0. The molecule has 0 unspecified atom stereocenters. The summed E-state index contributed by atoms with van der Waals surface area (Å²) in [6.45, 7) is 0.678. The molecule has 1 amide bonds. The lowest BCUT2D eigenvalue weighted by atomic mass is 9.64. The first-order valence-electron chi connectivity index (χ1n) is 8.54. The number of para-hydroxylation sites is 2. The van der Waals surface area contributed by atoms with Crippen molar-refractivity contribution in [3.8, 4) is 0 Å². The Morgan fingerprint density at radius 1 is 1.15 bits per heavy atom. The van der Waals surface area contributed by atoms with E-state index in [1.165, 1.54) is 18.2 Å². The molecule has 0 spiro atoms. The van der Waals surface area contributed by atoms with Crippen LogP contribution in [0, 0.1) is 15.9 Å². The lowest BCUT2D eigenvalue weighted by Gasteiger charge is -2.40. The average molecular weight is 357 g/mol. The second-order valence-electron chi connectivity index (χ2n) is 6.40. The van der Waals surface area contributed by atoms with Crippen molar-refractivity contribution >= 4 is 17.3 Å². The van der Waals surface area contributed by atoms with Gasteiger partial charge in [-0.15, -0.1) is 0 Å². The standard InChI is InChI=1S/C19H20FN3O3/c20-15-6-3-5-14(13-15)19(9-4-10-19)18(24)22-12-11-21-16-7-1-2-8-17(16)23(25)26/h1-3,5-8,13,21H,4,9-12H2,(H,22,24). The summed E-state index contributed by atoms with van der Waals surface area (Å²) in [5, 5.41) is 16.8. The van der Waals surface area contributed by atoms with Crippen molar-refractivity contribution in [2.75, 3.05) is 18.4 Å². The Morgan fingerprint density at radius 2 is 1.92 bits per heavy atom. The summed E-state index contributed by atoms with van der Waals surface area (Å²) < 4.78 is 13.5. The minimum Gasteiger partial charge on any atom is -0.378 e. The van der Waals surface area contributed by atoms with E-state index >= 15 is 0 Å². The predicted octanol–water partition coefficient (Wildman–Crippen LogP) is 3.38. The van der Waals surface area contributed by atoms with E-state index in [9.17, 15) is 19.3 Å². The van der Waals surface area contributed by atoms with Gasteiger partial charge in [0, 0.05) is 19.2 Å². The molecule has 0 bridgehead atoms. The number of hydrogen-bond donors (Lipinski definition) is 2. The molecule has 6 nitrogen and oxygen atoms in total. The number of anilines is 1. The van der Waals surface area contributed by atoms with Crippen LogP contribution in [-0.2, 0) is 10.2 Å². The highest BCUT2D eigenvalue weighted by Gasteiger charge is 2.45. The van der Waals surface area contributed by atoms with Gasteiger partial charge >= 0.3 is 0 Å². The number of hydrogen-bond acceptors (Lipinski definition) is 4. The zero-order chi connectivity index (χ0) is 18.6. The second kappa shape index (κ2) is 7.51. The summed E-state index contributed by atoms with van der Waals surface area (Å²) in [6.07, 6.45) is 2.32. The predicted molar refractivity (Wildman–Crippen MR) is 96.5 cm³/mol. The molecule has 2 N–H and O–H groups in total. The highest BCUT2D eigenvalue weighted by atomic mass is 19.1. The number of amides is 1. The number of nitrogens with one attached hydrogen (secondary N) is 2. The number of nitro groups is 1. The van der Waals surface area contributed by atoms with E-state index in [0.717, 1.165) is 6.42 Å². The maximum atomic E-state index is 13.5. The number of carbonyl (C=O) groups excluding carboxylic acids is 1. The maximum absolute atomic E-state index is 13.5. The van der Waals surface area contributed by atoms with Crippen molar-refractivity contribution in [1.82, 2.24) is 5.32 Å². The van der Waals surface area contributed by atoms with Crippen LogP contribution in [0.1, 0.15) is 24.8 Å². The summed E-state index contributed by atoms with van der Waals surface area (Å²) in [5.41, 5.74) is 0.443. The number of nitro benzene ring substituents is 1. The van der Waals surface area contributed by atoms with Crippen molar-refractivity contribution in [2.45, 2.75) is 24.7 Å². The van der Waals surface area contributed by atoms with Gasteiger partial charge in [-0.2, -0.15) is 0 Å². The second-order valence-corrected chi connectivity index (χ2v) is 6.40. The minimum atomic E-state index is -0.666. The van der Waals surface area contributed by atoms with Crippen molar-refractivity contribution in [1.29, 1.82) is 0 Å². The van der Waals surface area contributed by atoms with Crippen LogP contribution in [0.2, 0.25) is 0 Å². The van der Waals surface area contributed by atoms with E-state index in [2.05, 4.69) is 10.6 Å². The molecule has 0 saturated heterocycles. The molecule has 136 valence electrons. The average Bonchev–Trinajstić information content (AvgIpc) is 2.58. The first kappa shape index (κ1) is 17.8. The molecule has 0 aliphatic heterocycles. The maximum Gasteiger partial charge on any atom is 0.292 e. The summed E-state index contributed by atoms with van der Waals surface area (Å²) in [7, 11) is 0. The highest BCUT2D eigenvalue weighted by molar-refractivity contribution is 5.89. The highest BCUT2D eigenvalue weighted by Crippen LogP contribution is 2.44.